The summed E-state index contributed by atoms with van der Waals surface area (Å²) < 4.78 is 37.8. The zero-order valence-corrected chi connectivity index (χ0v) is 10.2. The number of halogens is 3. The number of carbonyl (C=O) groups is 1. The summed E-state index contributed by atoms with van der Waals surface area (Å²) in [5, 5.41) is 1.84. The Bertz CT molecular complexity index is 604. The minimum absolute atomic E-state index is 0.0977. The number of fused-ring (bicyclic) bond motifs is 1. The highest BCUT2D eigenvalue weighted by Crippen LogP contribution is 2.16. The van der Waals surface area contributed by atoms with E-state index >= 15 is 0 Å². The average Bonchev–Trinajstić information content (AvgIpc) is 2.64. The lowest BCUT2D eigenvalue weighted by atomic mass is 10.3. The smallest absolute Gasteiger partial charge is 0.346 e. The number of hydrogen-bond donors (Lipinski definition) is 1. The highest BCUT2D eigenvalue weighted by molar-refractivity contribution is 5.81. The first-order valence-electron chi connectivity index (χ1n) is 5.66. The molecule has 0 aliphatic heterocycles. The minimum Gasteiger partial charge on any atom is -0.346 e. The number of carbonyl (C=O) groups excluding carboxylic acids is 1. The molecule has 0 unspecified atom stereocenters. The molecule has 0 saturated carbocycles. The first-order valence-corrected chi connectivity index (χ1v) is 5.66. The highest BCUT2D eigenvalue weighted by Gasteiger charge is 2.38. The number of aromatic nitrogens is 2. The van der Waals surface area contributed by atoms with Crippen LogP contribution in [0.25, 0.3) is 11.0 Å². The fourth-order valence-corrected chi connectivity index (χ4v) is 1.86. The third-order valence-corrected chi connectivity index (χ3v) is 2.72. The van der Waals surface area contributed by atoms with Crippen LogP contribution in [0.3, 0.4) is 0 Å². The van der Waals surface area contributed by atoms with E-state index in [9.17, 15) is 18.0 Å². The predicted molar refractivity (Wildman–Crippen MR) is 63.5 cm³/mol. The van der Waals surface area contributed by atoms with Crippen LogP contribution in [-0.2, 0) is 11.3 Å². The van der Waals surface area contributed by atoms with E-state index < -0.39 is 12.1 Å². The molecule has 2 rings (SSSR count). The summed E-state index contributed by atoms with van der Waals surface area (Å²) in [6.07, 6.45) is -4.84. The molecular formula is C12H12F3N3O. The number of para-hydroxylation sites is 2. The molecule has 1 N–H and O–H groups in total. The maximum absolute atomic E-state index is 12.0. The number of benzene rings is 1. The normalized spacial score (nSPS) is 11.8. The van der Waals surface area contributed by atoms with E-state index in [4.69, 9.17) is 0 Å². The third kappa shape index (κ3) is 2.86. The van der Waals surface area contributed by atoms with E-state index in [1.807, 2.05) is 29.6 Å². The van der Waals surface area contributed by atoms with Crippen LogP contribution in [-0.4, -0.2) is 28.2 Å². The average molecular weight is 271 g/mol. The number of hydrogen-bond acceptors (Lipinski definition) is 2. The SMILES string of the molecule is Cc1nc2ccccc2n1CCNC(=O)C(F)(F)F. The molecule has 1 aromatic carbocycles. The second kappa shape index (κ2) is 4.91. The summed E-state index contributed by atoms with van der Waals surface area (Å²) >= 11 is 0. The Hall–Kier alpha value is -2.05. The number of alkyl halides is 3. The van der Waals surface area contributed by atoms with Gasteiger partial charge in [-0.3, -0.25) is 4.79 Å². The van der Waals surface area contributed by atoms with Gasteiger partial charge in [-0.05, 0) is 19.1 Å². The second-order valence-corrected chi connectivity index (χ2v) is 4.05. The van der Waals surface area contributed by atoms with Crippen LogP contribution in [0.15, 0.2) is 24.3 Å². The van der Waals surface area contributed by atoms with Crippen molar-refractivity contribution in [2.45, 2.75) is 19.6 Å². The van der Waals surface area contributed by atoms with Gasteiger partial charge in [0.25, 0.3) is 0 Å². The fourth-order valence-electron chi connectivity index (χ4n) is 1.86. The van der Waals surface area contributed by atoms with E-state index in [2.05, 4.69) is 4.98 Å². The first-order chi connectivity index (χ1) is 8.89. The molecule has 0 aliphatic rings. The standard InChI is InChI=1S/C12H12F3N3O/c1-8-17-9-4-2-3-5-10(9)18(8)7-6-16-11(19)12(13,14)15/h2-5H,6-7H2,1H3,(H,16,19). The summed E-state index contributed by atoms with van der Waals surface area (Å²) in [5.74, 6) is -1.22. The van der Waals surface area contributed by atoms with Gasteiger partial charge in [0, 0.05) is 13.1 Å². The molecule has 0 saturated heterocycles. The summed E-state index contributed by atoms with van der Waals surface area (Å²) in [6, 6.07) is 7.33. The quantitative estimate of drug-likeness (QED) is 0.928. The summed E-state index contributed by atoms with van der Waals surface area (Å²) in [6.45, 7) is 1.92. The van der Waals surface area contributed by atoms with Gasteiger partial charge >= 0.3 is 12.1 Å². The van der Waals surface area contributed by atoms with Crippen LogP contribution < -0.4 is 5.32 Å². The highest BCUT2D eigenvalue weighted by atomic mass is 19.4. The fraction of sp³-hybridized carbons (Fsp3) is 0.333. The molecule has 1 aromatic heterocycles. The zero-order chi connectivity index (χ0) is 14.0. The van der Waals surface area contributed by atoms with E-state index in [-0.39, 0.29) is 13.1 Å². The Morgan fingerprint density at radius 2 is 2.05 bits per heavy atom. The van der Waals surface area contributed by atoms with Gasteiger partial charge in [-0.2, -0.15) is 13.2 Å². The van der Waals surface area contributed by atoms with Crippen LogP contribution in [0.2, 0.25) is 0 Å². The van der Waals surface area contributed by atoms with E-state index in [0.717, 1.165) is 11.0 Å². The molecule has 2 aromatic rings. The number of nitrogens with zero attached hydrogens (tertiary/aromatic N) is 2. The van der Waals surface area contributed by atoms with Crippen LogP contribution in [0.5, 0.6) is 0 Å². The summed E-state index contributed by atoms with van der Waals surface area (Å²) in [7, 11) is 0. The molecule has 1 heterocycles. The molecule has 0 spiro atoms. The van der Waals surface area contributed by atoms with Gasteiger partial charge in [0.15, 0.2) is 0 Å². The number of amides is 1. The van der Waals surface area contributed by atoms with E-state index in [1.54, 1.807) is 11.5 Å². The Morgan fingerprint density at radius 1 is 1.37 bits per heavy atom. The largest absolute Gasteiger partial charge is 0.471 e. The topological polar surface area (TPSA) is 46.9 Å². The number of aryl methyl sites for hydroxylation is 1. The summed E-state index contributed by atoms with van der Waals surface area (Å²) in [4.78, 5) is 15.0. The lowest BCUT2D eigenvalue weighted by Gasteiger charge is -2.10. The lowest BCUT2D eigenvalue weighted by Crippen LogP contribution is -2.38. The van der Waals surface area contributed by atoms with Gasteiger partial charge in [0.2, 0.25) is 0 Å². The molecule has 0 fully saturated rings. The lowest BCUT2D eigenvalue weighted by molar-refractivity contribution is -0.173. The molecule has 4 nitrogen and oxygen atoms in total. The maximum Gasteiger partial charge on any atom is 0.471 e. The van der Waals surface area contributed by atoms with Crippen LogP contribution in [0.1, 0.15) is 5.82 Å². The van der Waals surface area contributed by atoms with Crippen molar-refractivity contribution in [3.8, 4) is 0 Å². The van der Waals surface area contributed by atoms with Crippen molar-refractivity contribution >= 4 is 16.9 Å². The summed E-state index contributed by atoms with van der Waals surface area (Å²) in [5.41, 5.74) is 1.61. The maximum atomic E-state index is 12.0. The van der Waals surface area contributed by atoms with Crippen molar-refractivity contribution in [2.24, 2.45) is 0 Å². The second-order valence-electron chi connectivity index (χ2n) is 4.05. The van der Waals surface area contributed by atoms with Gasteiger partial charge in [0.05, 0.1) is 11.0 Å². The minimum atomic E-state index is -4.84. The number of nitrogens with one attached hydrogen (secondary N) is 1. The van der Waals surface area contributed by atoms with Crippen molar-refractivity contribution in [3.63, 3.8) is 0 Å². The van der Waals surface area contributed by atoms with Gasteiger partial charge in [-0.15, -0.1) is 0 Å². The van der Waals surface area contributed by atoms with Crippen molar-refractivity contribution in [1.82, 2.24) is 14.9 Å². The third-order valence-electron chi connectivity index (χ3n) is 2.72. The Labute approximate surface area is 107 Å². The van der Waals surface area contributed by atoms with Crippen LogP contribution in [0, 0.1) is 6.92 Å². The van der Waals surface area contributed by atoms with Gasteiger partial charge in [-0.1, -0.05) is 12.1 Å². The Kier molecular flexibility index (Phi) is 3.46. The molecule has 1 amide bonds. The van der Waals surface area contributed by atoms with E-state index in [0.29, 0.717) is 5.82 Å². The van der Waals surface area contributed by atoms with Crippen molar-refractivity contribution in [3.05, 3.63) is 30.1 Å². The molecule has 0 aliphatic carbocycles. The van der Waals surface area contributed by atoms with Gasteiger partial charge in [-0.25, -0.2) is 4.98 Å². The molecule has 0 atom stereocenters. The Morgan fingerprint density at radius 3 is 2.74 bits per heavy atom. The van der Waals surface area contributed by atoms with Crippen molar-refractivity contribution in [1.29, 1.82) is 0 Å². The van der Waals surface area contributed by atoms with Gasteiger partial charge < -0.3 is 9.88 Å². The molecule has 7 heteroatoms. The number of rotatable bonds is 3. The van der Waals surface area contributed by atoms with E-state index in [1.165, 1.54) is 0 Å². The predicted octanol–water partition coefficient (Wildman–Crippen LogP) is 2.02. The Balaban J connectivity index is 2.06. The van der Waals surface area contributed by atoms with Crippen molar-refractivity contribution in [2.75, 3.05) is 6.54 Å². The zero-order valence-electron chi connectivity index (χ0n) is 10.2. The van der Waals surface area contributed by atoms with Gasteiger partial charge in [0.1, 0.15) is 5.82 Å². The molecular weight excluding hydrogens is 259 g/mol. The molecule has 19 heavy (non-hydrogen) atoms. The molecule has 0 bridgehead atoms. The molecule has 0 radical (unpaired) electrons. The monoisotopic (exact) mass is 271 g/mol. The first kappa shape index (κ1) is 13.4. The number of imidazole rings is 1. The molecule has 102 valence electrons. The van der Waals surface area contributed by atoms with Crippen LogP contribution >= 0.6 is 0 Å². The van der Waals surface area contributed by atoms with Crippen LogP contribution in [0.4, 0.5) is 13.2 Å². The van der Waals surface area contributed by atoms with Crippen molar-refractivity contribution < 1.29 is 18.0 Å².